The molecule has 0 aromatic heterocycles. The summed E-state index contributed by atoms with van der Waals surface area (Å²) < 4.78 is 5.59. The molecule has 2 N–H and O–H groups in total. The molecular formula is C18H25N3O3. The predicted octanol–water partition coefficient (Wildman–Crippen LogP) is 1.48. The van der Waals surface area contributed by atoms with Gasteiger partial charge in [0.15, 0.2) is 6.61 Å². The molecule has 3 rings (SSSR count). The highest BCUT2D eigenvalue weighted by atomic mass is 16.5. The van der Waals surface area contributed by atoms with Crippen molar-refractivity contribution in [1.82, 2.24) is 10.2 Å². The van der Waals surface area contributed by atoms with Gasteiger partial charge in [0.05, 0.1) is 0 Å². The van der Waals surface area contributed by atoms with E-state index in [9.17, 15) is 9.59 Å². The molecule has 24 heavy (non-hydrogen) atoms. The summed E-state index contributed by atoms with van der Waals surface area (Å²) in [4.78, 5) is 26.1. The Balaban J connectivity index is 1.51. The Morgan fingerprint density at radius 3 is 2.75 bits per heavy atom. The van der Waals surface area contributed by atoms with Crippen LogP contribution in [-0.4, -0.2) is 49.5 Å². The Kier molecular flexibility index (Phi) is 5.35. The molecule has 0 radical (unpaired) electrons. The SMILES string of the molecule is CC(C(=O)Nc1cccc(OCC(=O)N2CCCC2)c1)C1CNC1. The van der Waals surface area contributed by atoms with E-state index >= 15 is 0 Å². The number of benzene rings is 1. The number of likely N-dealkylation sites (tertiary alicyclic amines) is 1. The summed E-state index contributed by atoms with van der Waals surface area (Å²) in [6.45, 7) is 5.45. The van der Waals surface area contributed by atoms with Crippen LogP contribution in [0.25, 0.3) is 0 Å². The van der Waals surface area contributed by atoms with Gasteiger partial charge in [-0.1, -0.05) is 13.0 Å². The summed E-state index contributed by atoms with van der Waals surface area (Å²) in [7, 11) is 0. The van der Waals surface area contributed by atoms with Gasteiger partial charge < -0.3 is 20.3 Å². The van der Waals surface area contributed by atoms with E-state index in [1.165, 1.54) is 0 Å². The fourth-order valence-electron chi connectivity index (χ4n) is 3.00. The van der Waals surface area contributed by atoms with E-state index in [-0.39, 0.29) is 24.3 Å². The maximum absolute atomic E-state index is 12.3. The van der Waals surface area contributed by atoms with Gasteiger partial charge in [0.2, 0.25) is 5.91 Å². The average molecular weight is 331 g/mol. The number of nitrogens with one attached hydrogen (secondary N) is 2. The molecule has 1 aromatic rings. The quantitative estimate of drug-likeness (QED) is 0.828. The predicted molar refractivity (Wildman–Crippen MR) is 91.9 cm³/mol. The van der Waals surface area contributed by atoms with Gasteiger partial charge in [-0.05, 0) is 44.0 Å². The van der Waals surface area contributed by atoms with Gasteiger partial charge >= 0.3 is 0 Å². The van der Waals surface area contributed by atoms with Crippen LogP contribution in [0.3, 0.4) is 0 Å². The third kappa shape index (κ3) is 4.06. The summed E-state index contributed by atoms with van der Waals surface area (Å²) in [6.07, 6.45) is 2.14. The van der Waals surface area contributed by atoms with E-state index in [4.69, 9.17) is 4.74 Å². The number of carbonyl (C=O) groups is 2. The van der Waals surface area contributed by atoms with Gasteiger partial charge in [0, 0.05) is 30.8 Å². The molecule has 2 heterocycles. The molecular weight excluding hydrogens is 306 g/mol. The van der Waals surface area contributed by atoms with Crippen LogP contribution >= 0.6 is 0 Å². The average Bonchev–Trinajstić information content (AvgIpc) is 3.05. The minimum atomic E-state index is -0.0208. The highest BCUT2D eigenvalue weighted by Crippen LogP contribution is 2.21. The first-order valence-corrected chi connectivity index (χ1v) is 8.65. The third-order valence-corrected chi connectivity index (χ3v) is 4.86. The van der Waals surface area contributed by atoms with Crippen LogP contribution in [0.5, 0.6) is 5.75 Å². The lowest BCUT2D eigenvalue weighted by molar-refractivity contribution is -0.132. The van der Waals surface area contributed by atoms with Gasteiger partial charge in [-0.3, -0.25) is 9.59 Å². The van der Waals surface area contributed by atoms with Gasteiger partial charge in [-0.25, -0.2) is 0 Å². The van der Waals surface area contributed by atoms with Crippen molar-refractivity contribution < 1.29 is 14.3 Å². The number of nitrogens with zero attached hydrogens (tertiary/aromatic N) is 1. The fourth-order valence-corrected chi connectivity index (χ4v) is 3.00. The van der Waals surface area contributed by atoms with Crippen molar-refractivity contribution in [1.29, 1.82) is 0 Å². The molecule has 2 aliphatic heterocycles. The molecule has 0 aliphatic carbocycles. The normalized spacial score (nSPS) is 18.8. The molecule has 2 saturated heterocycles. The van der Waals surface area contributed by atoms with Gasteiger partial charge in [-0.2, -0.15) is 0 Å². The summed E-state index contributed by atoms with van der Waals surface area (Å²) in [5.74, 6) is 1.02. The zero-order valence-electron chi connectivity index (χ0n) is 14.1. The lowest BCUT2D eigenvalue weighted by Crippen LogP contribution is -2.48. The fraction of sp³-hybridized carbons (Fsp3) is 0.556. The molecule has 130 valence electrons. The van der Waals surface area contributed by atoms with Crippen LogP contribution in [-0.2, 0) is 9.59 Å². The van der Waals surface area contributed by atoms with Crippen LogP contribution in [0.2, 0.25) is 0 Å². The summed E-state index contributed by atoms with van der Waals surface area (Å²) in [5.41, 5.74) is 0.699. The maximum atomic E-state index is 12.3. The number of amides is 2. The maximum Gasteiger partial charge on any atom is 0.260 e. The number of carbonyl (C=O) groups excluding carboxylic acids is 2. The van der Waals surface area contributed by atoms with Crippen LogP contribution in [0.4, 0.5) is 5.69 Å². The van der Waals surface area contributed by atoms with Gasteiger partial charge in [0.1, 0.15) is 5.75 Å². The van der Waals surface area contributed by atoms with Crippen LogP contribution < -0.4 is 15.4 Å². The molecule has 6 nitrogen and oxygen atoms in total. The van der Waals surface area contributed by atoms with E-state index in [0.29, 0.717) is 17.4 Å². The molecule has 2 amide bonds. The van der Waals surface area contributed by atoms with Crippen LogP contribution in [0, 0.1) is 11.8 Å². The highest BCUT2D eigenvalue weighted by molar-refractivity contribution is 5.92. The summed E-state index contributed by atoms with van der Waals surface area (Å²) in [6, 6.07) is 7.22. The Hall–Kier alpha value is -2.08. The van der Waals surface area contributed by atoms with Crippen molar-refractivity contribution in [3.8, 4) is 5.75 Å². The number of hydrogen-bond donors (Lipinski definition) is 2. The molecule has 0 bridgehead atoms. The minimum Gasteiger partial charge on any atom is -0.484 e. The third-order valence-electron chi connectivity index (χ3n) is 4.86. The largest absolute Gasteiger partial charge is 0.484 e. The van der Waals surface area contributed by atoms with Crippen molar-refractivity contribution in [3.05, 3.63) is 24.3 Å². The summed E-state index contributed by atoms with van der Waals surface area (Å²) in [5, 5.41) is 6.12. The molecule has 1 atom stereocenters. The lowest BCUT2D eigenvalue weighted by atomic mass is 9.88. The van der Waals surface area contributed by atoms with Crippen molar-refractivity contribution >= 4 is 17.5 Å². The summed E-state index contributed by atoms with van der Waals surface area (Å²) >= 11 is 0. The zero-order chi connectivity index (χ0) is 16.9. The number of hydrogen-bond acceptors (Lipinski definition) is 4. The second kappa shape index (κ2) is 7.66. The van der Waals surface area contributed by atoms with E-state index in [1.807, 2.05) is 24.0 Å². The number of ether oxygens (including phenoxy) is 1. The monoisotopic (exact) mass is 331 g/mol. The Morgan fingerprint density at radius 1 is 1.33 bits per heavy atom. The molecule has 2 fully saturated rings. The topological polar surface area (TPSA) is 70.7 Å². The minimum absolute atomic E-state index is 0.0202. The molecule has 2 aliphatic rings. The van der Waals surface area contributed by atoms with Crippen LogP contribution in [0.1, 0.15) is 19.8 Å². The van der Waals surface area contributed by atoms with E-state index in [0.717, 1.165) is 39.0 Å². The first-order chi connectivity index (χ1) is 11.6. The van der Waals surface area contributed by atoms with E-state index < -0.39 is 0 Å². The van der Waals surface area contributed by atoms with Crippen molar-refractivity contribution in [2.75, 3.05) is 38.1 Å². The standard InChI is InChI=1S/C18H25N3O3/c1-13(14-10-19-11-14)18(23)20-15-5-4-6-16(9-15)24-12-17(22)21-7-2-3-8-21/h4-6,9,13-14,19H,2-3,7-8,10-12H2,1H3,(H,20,23). The molecule has 1 unspecified atom stereocenters. The van der Waals surface area contributed by atoms with Gasteiger partial charge in [-0.15, -0.1) is 0 Å². The van der Waals surface area contributed by atoms with Crippen LogP contribution in [0.15, 0.2) is 24.3 Å². The van der Waals surface area contributed by atoms with Crippen molar-refractivity contribution in [2.45, 2.75) is 19.8 Å². The second-order valence-electron chi connectivity index (χ2n) is 6.60. The molecule has 0 saturated carbocycles. The number of rotatable bonds is 6. The first kappa shape index (κ1) is 16.8. The Labute approximate surface area is 142 Å². The van der Waals surface area contributed by atoms with E-state index in [1.54, 1.807) is 12.1 Å². The smallest absolute Gasteiger partial charge is 0.260 e. The Bertz CT molecular complexity index is 595. The van der Waals surface area contributed by atoms with Crippen molar-refractivity contribution in [2.24, 2.45) is 11.8 Å². The molecule has 0 spiro atoms. The first-order valence-electron chi connectivity index (χ1n) is 8.65. The lowest BCUT2D eigenvalue weighted by Gasteiger charge is -2.31. The van der Waals surface area contributed by atoms with Crippen molar-refractivity contribution in [3.63, 3.8) is 0 Å². The molecule has 6 heteroatoms. The highest BCUT2D eigenvalue weighted by Gasteiger charge is 2.28. The second-order valence-corrected chi connectivity index (χ2v) is 6.60. The zero-order valence-corrected chi connectivity index (χ0v) is 14.1. The number of anilines is 1. The van der Waals surface area contributed by atoms with E-state index in [2.05, 4.69) is 10.6 Å². The van der Waals surface area contributed by atoms with Gasteiger partial charge in [0.25, 0.3) is 5.91 Å². The Morgan fingerprint density at radius 2 is 2.08 bits per heavy atom. The molecule has 1 aromatic carbocycles.